The largest absolute Gasteiger partial charge is 0.381 e. The van der Waals surface area contributed by atoms with Crippen molar-refractivity contribution in [2.75, 3.05) is 11.6 Å². The SMILES string of the molecule is CSc1cccc(NCc2cccc(C#N)c2)c1. The summed E-state index contributed by atoms with van der Waals surface area (Å²) in [6.07, 6.45) is 2.06. The Morgan fingerprint density at radius 2 is 2.00 bits per heavy atom. The van der Waals surface area contributed by atoms with Gasteiger partial charge in [-0.05, 0) is 42.2 Å². The minimum atomic E-state index is 0.701. The fraction of sp³-hybridized carbons (Fsp3) is 0.133. The van der Waals surface area contributed by atoms with Crippen LogP contribution in [0.5, 0.6) is 0 Å². The first-order valence-corrected chi connectivity index (χ1v) is 6.91. The van der Waals surface area contributed by atoms with Gasteiger partial charge in [-0.1, -0.05) is 18.2 Å². The molecule has 0 aliphatic carbocycles. The Hall–Kier alpha value is -1.92. The molecule has 0 atom stereocenters. The number of nitriles is 1. The van der Waals surface area contributed by atoms with Gasteiger partial charge >= 0.3 is 0 Å². The summed E-state index contributed by atoms with van der Waals surface area (Å²) in [5, 5.41) is 12.2. The number of hydrogen-bond acceptors (Lipinski definition) is 3. The lowest BCUT2D eigenvalue weighted by molar-refractivity contribution is 1.14. The predicted molar refractivity (Wildman–Crippen MR) is 76.7 cm³/mol. The predicted octanol–water partition coefficient (Wildman–Crippen LogP) is 3.89. The highest BCUT2D eigenvalue weighted by Gasteiger charge is 1.97. The summed E-state index contributed by atoms with van der Waals surface area (Å²) in [4.78, 5) is 1.24. The van der Waals surface area contributed by atoms with Crippen LogP contribution in [0, 0.1) is 11.3 Å². The summed E-state index contributed by atoms with van der Waals surface area (Å²) < 4.78 is 0. The first-order valence-electron chi connectivity index (χ1n) is 5.69. The molecule has 0 amide bonds. The topological polar surface area (TPSA) is 35.8 Å². The van der Waals surface area contributed by atoms with Crippen molar-refractivity contribution in [3.63, 3.8) is 0 Å². The zero-order valence-electron chi connectivity index (χ0n) is 10.2. The fourth-order valence-electron chi connectivity index (χ4n) is 1.69. The van der Waals surface area contributed by atoms with Crippen molar-refractivity contribution >= 4 is 17.4 Å². The van der Waals surface area contributed by atoms with Gasteiger partial charge in [-0.15, -0.1) is 11.8 Å². The molecule has 0 unspecified atom stereocenters. The third-order valence-electron chi connectivity index (χ3n) is 2.62. The van der Waals surface area contributed by atoms with Crippen LogP contribution in [0.3, 0.4) is 0 Å². The minimum absolute atomic E-state index is 0.701. The maximum atomic E-state index is 8.84. The molecular formula is C15H14N2S. The lowest BCUT2D eigenvalue weighted by atomic mass is 10.1. The number of rotatable bonds is 4. The van der Waals surface area contributed by atoms with E-state index < -0.39 is 0 Å². The number of nitrogens with zero attached hydrogens (tertiary/aromatic N) is 1. The smallest absolute Gasteiger partial charge is 0.0991 e. The number of benzene rings is 2. The van der Waals surface area contributed by atoms with E-state index in [1.807, 2.05) is 36.4 Å². The Morgan fingerprint density at radius 1 is 1.17 bits per heavy atom. The summed E-state index contributed by atoms with van der Waals surface area (Å²) in [5.74, 6) is 0. The van der Waals surface area contributed by atoms with E-state index in [0.29, 0.717) is 5.56 Å². The molecule has 3 heteroatoms. The molecule has 2 aromatic rings. The molecule has 0 aliphatic rings. The molecule has 1 N–H and O–H groups in total. The van der Waals surface area contributed by atoms with Gasteiger partial charge in [0.15, 0.2) is 0 Å². The Morgan fingerprint density at radius 3 is 2.78 bits per heavy atom. The molecule has 18 heavy (non-hydrogen) atoms. The quantitative estimate of drug-likeness (QED) is 0.841. The Bertz CT molecular complexity index is 573. The third-order valence-corrected chi connectivity index (χ3v) is 3.35. The van der Waals surface area contributed by atoms with E-state index in [1.54, 1.807) is 11.8 Å². The molecule has 0 heterocycles. The van der Waals surface area contributed by atoms with E-state index in [-0.39, 0.29) is 0 Å². The average molecular weight is 254 g/mol. The fourth-order valence-corrected chi connectivity index (χ4v) is 2.15. The van der Waals surface area contributed by atoms with Crippen molar-refractivity contribution in [1.82, 2.24) is 0 Å². The van der Waals surface area contributed by atoms with E-state index in [2.05, 4.69) is 29.8 Å². The van der Waals surface area contributed by atoms with Crippen LogP contribution in [0.25, 0.3) is 0 Å². The van der Waals surface area contributed by atoms with Crippen LogP contribution in [-0.2, 0) is 6.54 Å². The number of hydrogen-bond donors (Lipinski definition) is 1. The van der Waals surface area contributed by atoms with Gasteiger partial charge < -0.3 is 5.32 Å². The van der Waals surface area contributed by atoms with E-state index >= 15 is 0 Å². The first-order chi connectivity index (χ1) is 8.81. The summed E-state index contributed by atoms with van der Waals surface area (Å²) >= 11 is 1.73. The van der Waals surface area contributed by atoms with Crippen LogP contribution in [-0.4, -0.2) is 6.26 Å². The van der Waals surface area contributed by atoms with Crippen molar-refractivity contribution in [3.05, 3.63) is 59.7 Å². The molecular weight excluding hydrogens is 240 g/mol. The van der Waals surface area contributed by atoms with Gasteiger partial charge in [0.2, 0.25) is 0 Å². The van der Waals surface area contributed by atoms with E-state index in [1.165, 1.54) is 4.90 Å². The Labute approximate surface area is 112 Å². The van der Waals surface area contributed by atoms with Crippen molar-refractivity contribution in [1.29, 1.82) is 5.26 Å². The van der Waals surface area contributed by atoms with Crippen LogP contribution in [0.2, 0.25) is 0 Å². The maximum Gasteiger partial charge on any atom is 0.0991 e. The van der Waals surface area contributed by atoms with Gasteiger partial charge in [0, 0.05) is 17.1 Å². The highest BCUT2D eigenvalue weighted by molar-refractivity contribution is 7.98. The highest BCUT2D eigenvalue weighted by Crippen LogP contribution is 2.19. The Balaban J connectivity index is 2.04. The molecule has 0 bridgehead atoms. The maximum absolute atomic E-state index is 8.84. The third kappa shape index (κ3) is 3.28. The normalized spacial score (nSPS) is 9.78. The van der Waals surface area contributed by atoms with E-state index in [4.69, 9.17) is 5.26 Å². The minimum Gasteiger partial charge on any atom is -0.381 e. The molecule has 0 aromatic heterocycles. The zero-order chi connectivity index (χ0) is 12.8. The monoisotopic (exact) mass is 254 g/mol. The molecule has 0 spiro atoms. The summed E-state index contributed by atoms with van der Waals surface area (Å²) in [7, 11) is 0. The second-order valence-corrected chi connectivity index (χ2v) is 4.78. The second-order valence-electron chi connectivity index (χ2n) is 3.90. The van der Waals surface area contributed by atoms with Crippen LogP contribution >= 0.6 is 11.8 Å². The molecule has 0 saturated heterocycles. The lowest BCUT2D eigenvalue weighted by Crippen LogP contribution is -1.99. The van der Waals surface area contributed by atoms with Crippen molar-refractivity contribution in [2.24, 2.45) is 0 Å². The number of nitrogens with one attached hydrogen (secondary N) is 1. The van der Waals surface area contributed by atoms with Gasteiger partial charge in [-0.2, -0.15) is 5.26 Å². The average Bonchev–Trinajstić information content (AvgIpc) is 2.45. The van der Waals surface area contributed by atoms with Crippen LogP contribution in [0.1, 0.15) is 11.1 Å². The molecule has 90 valence electrons. The molecule has 0 radical (unpaired) electrons. The second kappa shape index (κ2) is 6.13. The van der Waals surface area contributed by atoms with Crippen LogP contribution in [0.4, 0.5) is 5.69 Å². The highest BCUT2D eigenvalue weighted by atomic mass is 32.2. The van der Waals surface area contributed by atoms with Crippen molar-refractivity contribution < 1.29 is 0 Å². The van der Waals surface area contributed by atoms with E-state index in [0.717, 1.165) is 17.8 Å². The summed E-state index contributed by atoms with van der Waals surface area (Å²) in [6.45, 7) is 0.730. The van der Waals surface area contributed by atoms with Crippen molar-refractivity contribution in [2.45, 2.75) is 11.4 Å². The number of thioether (sulfide) groups is 1. The molecule has 2 aromatic carbocycles. The molecule has 0 fully saturated rings. The van der Waals surface area contributed by atoms with Crippen LogP contribution in [0.15, 0.2) is 53.4 Å². The van der Waals surface area contributed by atoms with Gasteiger partial charge in [-0.25, -0.2) is 0 Å². The standard InChI is InChI=1S/C15H14N2S/c1-18-15-7-3-6-14(9-15)17-11-13-5-2-4-12(8-13)10-16/h2-9,17H,11H2,1H3. The summed E-state index contributed by atoms with van der Waals surface area (Å²) in [6, 6.07) is 18.1. The van der Waals surface area contributed by atoms with Crippen molar-refractivity contribution in [3.8, 4) is 6.07 Å². The van der Waals surface area contributed by atoms with Gasteiger partial charge in [-0.3, -0.25) is 0 Å². The Kier molecular flexibility index (Phi) is 4.27. The van der Waals surface area contributed by atoms with Gasteiger partial charge in [0.05, 0.1) is 11.6 Å². The molecule has 0 aliphatic heterocycles. The molecule has 0 saturated carbocycles. The van der Waals surface area contributed by atoms with Gasteiger partial charge in [0.1, 0.15) is 0 Å². The first kappa shape index (κ1) is 12.5. The zero-order valence-corrected chi connectivity index (χ0v) is 11.0. The van der Waals surface area contributed by atoms with Gasteiger partial charge in [0.25, 0.3) is 0 Å². The number of anilines is 1. The lowest BCUT2D eigenvalue weighted by Gasteiger charge is -2.07. The van der Waals surface area contributed by atoms with E-state index in [9.17, 15) is 0 Å². The molecule has 2 nitrogen and oxygen atoms in total. The summed E-state index contributed by atoms with van der Waals surface area (Å²) in [5.41, 5.74) is 2.92. The van der Waals surface area contributed by atoms with Crippen LogP contribution < -0.4 is 5.32 Å². The molecule has 2 rings (SSSR count).